The third kappa shape index (κ3) is 8.10. The summed E-state index contributed by atoms with van der Waals surface area (Å²) in [4.78, 5) is 35.4. The molecule has 0 aromatic carbocycles. The number of carboxylic acid groups (broad SMARTS) is 1. The number of methoxy groups -OCH3 is 1. The molecule has 0 saturated heterocycles. The molecule has 9 heteroatoms. The fourth-order valence-electron chi connectivity index (χ4n) is 1.44. The number of carbonyl (C=O) groups excluding carboxylic acids is 2. The second-order valence-corrected chi connectivity index (χ2v) is 4.07. The minimum Gasteiger partial charge on any atom is -0.480 e. The monoisotopic (exact) mass is 306 g/mol. The molecule has 0 rings (SSSR count). The van der Waals surface area contributed by atoms with Gasteiger partial charge in [-0.3, -0.25) is 4.79 Å². The lowest BCUT2D eigenvalue weighted by atomic mass is 10.2. The zero-order chi connectivity index (χ0) is 16.3. The first kappa shape index (κ1) is 19.1. The molecule has 0 aliphatic heterocycles. The number of hydrogen-bond acceptors (Lipinski definition) is 6. The summed E-state index contributed by atoms with van der Waals surface area (Å²) in [6.07, 6.45) is -0.126. The van der Waals surface area contributed by atoms with Gasteiger partial charge >= 0.3 is 18.0 Å². The SMILES string of the molecule is CCOC(=O)CN(CCOC)C(=O)NC(CCO)C(=O)O. The van der Waals surface area contributed by atoms with Crippen molar-refractivity contribution in [1.82, 2.24) is 10.2 Å². The Morgan fingerprint density at radius 3 is 2.48 bits per heavy atom. The Morgan fingerprint density at radius 1 is 1.33 bits per heavy atom. The van der Waals surface area contributed by atoms with E-state index in [-0.39, 0.29) is 39.3 Å². The number of urea groups is 1. The van der Waals surface area contributed by atoms with E-state index < -0.39 is 24.0 Å². The maximum Gasteiger partial charge on any atom is 0.326 e. The number of nitrogens with zero attached hydrogens (tertiary/aromatic N) is 1. The molecule has 0 heterocycles. The van der Waals surface area contributed by atoms with Crippen LogP contribution in [0.4, 0.5) is 4.79 Å². The van der Waals surface area contributed by atoms with Crippen LogP contribution in [0.2, 0.25) is 0 Å². The first-order valence-corrected chi connectivity index (χ1v) is 6.49. The molecular weight excluding hydrogens is 284 g/mol. The number of ether oxygens (including phenoxy) is 2. The highest BCUT2D eigenvalue weighted by atomic mass is 16.5. The van der Waals surface area contributed by atoms with Crippen molar-refractivity contribution in [1.29, 1.82) is 0 Å². The molecule has 0 spiro atoms. The molecule has 1 atom stereocenters. The van der Waals surface area contributed by atoms with E-state index in [2.05, 4.69) is 5.32 Å². The van der Waals surface area contributed by atoms with Crippen molar-refractivity contribution in [3.05, 3.63) is 0 Å². The van der Waals surface area contributed by atoms with E-state index in [0.29, 0.717) is 0 Å². The fraction of sp³-hybridized carbons (Fsp3) is 0.750. The van der Waals surface area contributed by atoms with Gasteiger partial charge in [0.1, 0.15) is 12.6 Å². The van der Waals surface area contributed by atoms with Crippen LogP contribution >= 0.6 is 0 Å². The van der Waals surface area contributed by atoms with Gasteiger partial charge in [-0.1, -0.05) is 0 Å². The van der Waals surface area contributed by atoms with Crippen molar-refractivity contribution in [2.24, 2.45) is 0 Å². The highest BCUT2D eigenvalue weighted by molar-refractivity contribution is 5.85. The lowest BCUT2D eigenvalue weighted by molar-refractivity contribution is -0.143. The van der Waals surface area contributed by atoms with E-state index in [4.69, 9.17) is 19.7 Å². The summed E-state index contributed by atoms with van der Waals surface area (Å²) in [7, 11) is 1.44. The van der Waals surface area contributed by atoms with E-state index in [9.17, 15) is 14.4 Å². The van der Waals surface area contributed by atoms with Crippen LogP contribution in [0.3, 0.4) is 0 Å². The van der Waals surface area contributed by atoms with Crippen molar-refractivity contribution in [2.75, 3.05) is 40.0 Å². The highest BCUT2D eigenvalue weighted by Crippen LogP contribution is 1.97. The van der Waals surface area contributed by atoms with Gasteiger partial charge in [-0.05, 0) is 6.92 Å². The largest absolute Gasteiger partial charge is 0.480 e. The summed E-state index contributed by atoms with van der Waals surface area (Å²) in [5.74, 6) is -1.86. The number of hydrogen-bond donors (Lipinski definition) is 3. The maximum atomic E-state index is 12.0. The summed E-state index contributed by atoms with van der Waals surface area (Å²) in [5, 5.41) is 19.9. The number of amides is 2. The Labute approximate surface area is 122 Å². The van der Waals surface area contributed by atoms with Crippen molar-refractivity contribution < 1.29 is 34.1 Å². The van der Waals surface area contributed by atoms with Gasteiger partial charge in [0.25, 0.3) is 0 Å². The van der Waals surface area contributed by atoms with Crippen molar-refractivity contribution in [3.63, 3.8) is 0 Å². The molecular formula is C12H22N2O7. The predicted molar refractivity (Wildman–Crippen MR) is 71.7 cm³/mol. The van der Waals surface area contributed by atoms with Gasteiger partial charge in [0, 0.05) is 26.7 Å². The van der Waals surface area contributed by atoms with E-state index >= 15 is 0 Å². The quantitative estimate of drug-likeness (QED) is 0.444. The molecule has 0 aliphatic rings. The van der Waals surface area contributed by atoms with Crippen LogP contribution < -0.4 is 5.32 Å². The summed E-state index contributed by atoms with van der Waals surface area (Å²) in [6.45, 7) is 1.42. The molecule has 0 fully saturated rings. The number of carbonyl (C=O) groups is 3. The van der Waals surface area contributed by atoms with Gasteiger partial charge in [0.05, 0.1) is 13.2 Å². The number of aliphatic hydroxyl groups excluding tert-OH is 1. The Balaban J connectivity index is 4.67. The molecule has 3 N–H and O–H groups in total. The van der Waals surface area contributed by atoms with Gasteiger partial charge in [-0.15, -0.1) is 0 Å². The van der Waals surface area contributed by atoms with Crippen molar-refractivity contribution in [2.45, 2.75) is 19.4 Å². The number of nitrogens with one attached hydrogen (secondary N) is 1. The maximum absolute atomic E-state index is 12.0. The molecule has 0 bridgehead atoms. The number of esters is 1. The molecule has 21 heavy (non-hydrogen) atoms. The zero-order valence-corrected chi connectivity index (χ0v) is 12.2. The number of aliphatic hydroxyl groups is 1. The molecule has 9 nitrogen and oxygen atoms in total. The summed E-state index contributed by atoms with van der Waals surface area (Å²) < 4.78 is 9.58. The average molecular weight is 306 g/mol. The molecule has 0 saturated carbocycles. The van der Waals surface area contributed by atoms with Crippen LogP contribution in [0.25, 0.3) is 0 Å². The van der Waals surface area contributed by atoms with Gasteiger partial charge in [-0.25, -0.2) is 9.59 Å². The summed E-state index contributed by atoms with van der Waals surface area (Å²) >= 11 is 0. The van der Waals surface area contributed by atoms with E-state index in [1.165, 1.54) is 7.11 Å². The topological polar surface area (TPSA) is 125 Å². The molecule has 1 unspecified atom stereocenters. The smallest absolute Gasteiger partial charge is 0.326 e. The van der Waals surface area contributed by atoms with E-state index in [1.807, 2.05) is 0 Å². The predicted octanol–water partition coefficient (Wildman–Crippen LogP) is -0.957. The van der Waals surface area contributed by atoms with Crippen LogP contribution in [0.1, 0.15) is 13.3 Å². The minimum absolute atomic E-state index is 0.104. The van der Waals surface area contributed by atoms with Crippen LogP contribution in [0, 0.1) is 0 Å². The van der Waals surface area contributed by atoms with Crippen molar-refractivity contribution in [3.8, 4) is 0 Å². The van der Waals surface area contributed by atoms with Gasteiger partial charge in [0.15, 0.2) is 0 Å². The first-order valence-electron chi connectivity index (χ1n) is 6.49. The van der Waals surface area contributed by atoms with Gasteiger partial charge < -0.3 is 29.9 Å². The zero-order valence-electron chi connectivity index (χ0n) is 12.2. The fourth-order valence-corrected chi connectivity index (χ4v) is 1.44. The van der Waals surface area contributed by atoms with Gasteiger partial charge in [-0.2, -0.15) is 0 Å². The summed E-state index contributed by atoms with van der Waals surface area (Å²) in [5.41, 5.74) is 0. The number of carboxylic acids is 1. The van der Waals surface area contributed by atoms with Gasteiger partial charge in [0.2, 0.25) is 0 Å². The molecule has 0 aliphatic carbocycles. The molecule has 122 valence electrons. The lowest BCUT2D eigenvalue weighted by Crippen LogP contribution is -2.50. The molecule has 0 aromatic heterocycles. The Morgan fingerprint density at radius 2 is 2.00 bits per heavy atom. The Bertz CT molecular complexity index is 348. The lowest BCUT2D eigenvalue weighted by Gasteiger charge is -2.24. The second kappa shape index (κ2) is 10.9. The average Bonchev–Trinajstić information content (AvgIpc) is 2.42. The summed E-state index contributed by atoms with van der Waals surface area (Å²) in [6, 6.07) is -1.96. The molecule has 0 aromatic rings. The third-order valence-corrected chi connectivity index (χ3v) is 2.49. The van der Waals surface area contributed by atoms with Crippen LogP contribution in [-0.2, 0) is 19.1 Å². The second-order valence-electron chi connectivity index (χ2n) is 4.07. The molecule has 0 radical (unpaired) electrons. The Hall–Kier alpha value is -1.87. The standard InChI is InChI=1S/C12H22N2O7/c1-3-21-10(16)8-14(5-7-20-2)12(19)13-9(4-6-15)11(17)18/h9,15H,3-8H2,1-2H3,(H,13,19)(H,17,18). The highest BCUT2D eigenvalue weighted by Gasteiger charge is 2.24. The molecule has 2 amide bonds. The first-order chi connectivity index (χ1) is 9.96. The number of aliphatic carboxylic acids is 1. The Kier molecular flexibility index (Phi) is 9.90. The minimum atomic E-state index is -1.26. The van der Waals surface area contributed by atoms with E-state index in [0.717, 1.165) is 4.90 Å². The van der Waals surface area contributed by atoms with Crippen molar-refractivity contribution >= 4 is 18.0 Å². The van der Waals surface area contributed by atoms with Crippen LogP contribution in [0.15, 0.2) is 0 Å². The van der Waals surface area contributed by atoms with E-state index in [1.54, 1.807) is 6.92 Å². The third-order valence-electron chi connectivity index (χ3n) is 2.49. The van der Waals surface area contributed by atoms with Crippen LogP contribution in [0.5, 0.6) is 0 Å². The van der Waals surface area contributed by atoms with Crippen LogP contribution in [-0.4, -0.2) is 79.1 Å². The number of rotatable bonds is 10. The normalized spacial score (nSPS) is 11.6.